The molecule has 0 aliphatic rings. The van der Waals surface area contributed by atoms with Crippen molar-refractivity contribution in [3.8, 4) is 0 Å². The van der Waals surface area contributed by atoms with Gasteiger partial charge in [-0.05, 0) is 12.5 Å². The lowest BCUT2D eigenvalue weighted by molar-refractivity contribution is -0.120. The maximum absolute atomic E-state index is 12.9. The molecule has 3 rings (SSSR count). The zero-order valence-corrected chi connectivity index (χ0v) is 19.4. The molecule has 1 aromatic carbocycles. The van der Waals surface area contributed by atoms with Gasteiger partial charge < -0.3 is 5.32 Å². The number of fused-ring (bicyclic) bond motifs is 1. The number of thioether (sulfide) groups is 1. The second kappa shape index (κ2) is 8.66. The molecule has 0 bridgehead atoms. The lowest BCUT2D eigenvalue weighted by Crippen LogP contribution is -2.38. The summed E-state index contributed by atoms with van der Waals surface area (Å²) in [6.07, 6.45) is 0. The molecule has 8 nitrogen and oxygen atoms in total. The molecule has 3 aromatic rings. The van der Waals surface area contributed by atoms with Crippen LogP contribution in [0.4, 0.5) is 0 Å². The fourth-order valence-corrected chi connectivity index (χ4v) is 3.96. The number of nitrogens with zero attached hydrogens (tertiary/aromatic N) is 4. The van der Waals surface area contributed by atoms with Crippen molar-refractivity contribution in [1.29, 1.82) is 0 Å². The number of aromatic nitrogens is 4. The van der Waals surface area contributed by atoms with E-state index in [2.05, 4.69) is 15.3 Å². The average molecular weight is 442 g/mol. The van der Waals surface area contributed by atoms with E-state index in [1.807, 2.05) is 51.1 Å². The number of amides is 1. The molecule has 1 atom stereocenters. The lowest BCUT2D eigenvalue weighted by Gasteiger charge is -2.20. The number of hydrogen-bond donors (Lipinski definition) is 1. The van der Waals surface area contributed by atoms with E-state index in [0.29, 0.717) is 17.4 Å². The first-order valence-electron chi connectivity index (χ1n) is 9.97. The predicted octanol–water partition coefficient (Wildman–Crippen LogP) is 2.12. The van der Waals surface area contributed by atoms with Crippen molar-refractivity contribution < 1.29 is 4.79 Å². The Balaban J connectivity index is 2.01. The van der Waals surface area contributed by atoms with Gasteiger partial charge in [-0.2, -0.15) is 0 Å². The van der Waals surface area contributed by atoms with E-state index in [9.17, 15) is 14.4 Å². The van der Waals surface area contributed by atoms with Crippen molar-refractivity contribution in [2.75, 3.05) is 0 Å². The molecule has 0 aliphatic carbocycles. The summed E-state index contributed by atoms with van der Waals surface area (Å²) in [6.45, 7) is 8.05. The van der Waals surface area contributed by atoms with Crippen LogP contribution >= 0.6 is 11.8 Å². The van der Waals surface area contributed by atoms with Gasteiger partial charge in [0, 0.05) is 26.1 Å². The van der Waals surface area contributed by atoms with Gasteiger partial charge in [0.15, 0.2) is 5.65 Å². The highest BCUT2D eigenvalue weighted by atomic mass is 32.2. The molecule has 1 N–H and O–H groups in total. The Morgan fingerprint density at radius 2 is 1.74 bits per heavy atom. The second-order valence-electron chi connectivity index (χ2n) is 8.47. The van der Waals surface area contributed by atoms with Crippen LogP contribution in [-0.2, 0) is 30.8 Å². The van der Waals surface area contributed by atoms with Gasteiger partial charge in [0.2, 0.25) is 5.91 Å². The average Bonchev–Trinajstić information content (AvgIpc) is 2.74. The van der Waals surface area contributed by atoms with Crippen LogP contribution in [0.15, 0.2) is 44.9 Å². The van der Waals surface area contributed by atoms with Crippen LogP contribution in [0, 0.1) is 0 Å². The molecule has 1 unspecified atom stereocenters. The number of carbonyl (C=O) groups excluding carboxylic acids is 1. The Kier molecular flexibility index (Phi) is 6.35. The van der Waals surface area contributed by atoms with Crippen molar-refractivity contribution in [1.82, 2.24) is 24.4 Å². The van der Waals surface area contributed by atoms with Gasteiger partial charge in [-0.15, -0.1) is 0 Å². The number of rotatable bonds is 5. The highest BCUT2D eigenvalue weighted by Gasteiger charge is 2.25. The van der Waals surface area contributed by atoms with E-state index in [-0.39, 0.29) is 16.9 Å². The molecule has 2 heterocycles. The quantitative estimate of drug-likeness (QED) is 0.481. The Labute approximate surface area is 184 Å². The van der Waals surface area contributed by atoms with Gasteiger partial charge in [-0.1, -0.05) is 62.9 Å². The minimum absolute atomic E-state index is 0.167. The number of hydrogen-bond acceptors (Lipinski definition) is 6. The fraction of sp³-hybridized carbons (Fsp3) is 0.409. The molecule has 1 amide bonds. The van der Waals surface area contributed by atoms with E-state index in [1.165, 1.54) is 23.4 Å². The topological polar surface area (TPSA) is 98.9 Å². The molecule has 0 aliphatic heterocycles. The normalized spacial score (nSPS) is 12.7. The van der Waals surface area contributed by atoms with Crippen LogP contribution in [0.2, 0.25) is 0 Å². The van der Waals surface area contributed by atoms with Gasteiger partial charge >= 0.3 is 5.69 Å². The maximum atomic E-state index is 12.9. The number of carbonyl (C=O) groups is 1. The lowest BCUT2D eigenvalue weighted by atomic mass is 9.96. The minimum Gasteiger partial charge on any atom is -0.351 e. The van der Waals surface area contributed by atoms with Crippen LogP contribution in [0.5, 0.6) is 0 Å². The number of aryl methyl sites for hydroxylation is 1. The largest absolute Gasteiger partial charge is 0.351 e. The van der Waals surface area contributed by atoms with Crippen LogP contribution in [0.1, 0.15) is 39.1 Å². The molecular formula is C22H27N5O3S. The molecule has 0 saturated heterocycles. The Hall–Kier alpha value is -2.94. The summed E-state index contributed by atoms with van der Waals surface area (Å²) in [7, 11) is 3.00. The minimum atomic E-state index is -0.503. The van der Waals surface area contributed by atoms with E-state index >= 15 is 0 Å². The van der Waals surface area contributed by atoms with Gasteiger partial charge in [0.05, 0.1) is 5.25 Å². The van der Waals surface area contributed by atoms with Crippen molar-refractivity contribution in [3.05, 3.63) is 62.6 Å². The van der Waals surface area contributed by atoms with Crippen molar-refractivity contribution in [2.45, 2.75) is 49.9 Å². The van der Waals surface area contributed by atoms with Crippen LogP contribution < -0.4 is 16.6 Å². The smallest absolute Gasteiger partial charge is 0.332 e. The zero-order chi connectivity index (χ0) is 22.9. The van der Waals surface area contributed by atoms with E-state index in [1.54, 1.807) is 14.0 Å². The Bertz CT molecular complexity index is 1240. The second-order valence-corrected chi connectivity index (χ2v) is 9.80. The third kappa shape index (κ3) is 4.71. The SMILES string of the molecule is CC(Sc1nc(C(C)(C)C)nc2c1c(=O)n(C)c(=O)n2C)C(=O)NCc1ccccc1. The Morgan fingerprint density at radius 3 is 2.35 bits per heavy atom. The highest BCUT2D eigenvalue weighted by Crippen LogP contribution is 2.29. The van der Waals surface area contributed by atoms with Gasteiger partial charge in [0.25, 0.3) is 5.56 Å². The summed E-state index contributed by atoms with van der Waals surface area (Å²) < 4.78 is 2.38. The summed E-state index contributed by atoms with van der Waals surface area (Å²) in [4.78, 5) is 47.2. The molecule has 164 valence electrons. The Morgan fingerprint density at radius 1 is 1.10 bits per heavy atom. The van der Waals surface area contributed by atoms with Gasteiger partial charge in [0.1, 0.15) is 16.2 Å². The van der Waals surface area contributed by atoms with E-state index in [0.717, 1.165) is 10.1 Å². The number of benzene rings is 1. The highest BCUT2D eigenvalue weighted by molar-refractivity contribution is 8.00. The standard InChI is InChI=1S/C22H27N5O3S/c1-13(17(28)23-12-14-10-8-7-9-11-14)31-18-15-16(24-20(25-18)22(2,3)4)26(5)21(30)27(6)19(15)29/h7-11,13H,12H2,1-6H3,(H,23,28). The van der Waals surface area contributed by atoms with E-state index in [4.69, 9.17) is 0 Å². The van der Waals surface area contributed by atoms with Crippen LogP contribution in [0.3, 0.4) is 0 Å². The van der Waals surface area contributed by atoms with Gasteiger partial charge in [-0.3, -0.25) is 18.7 Å². The third-order valence-electron chi connectivity index (χ3n) is 4.90. The van der Waals surface area contributed by atoms with Crippen LogP contribution in [-0.4, -0.2) is 30.3 Å². The maximum Gasteiger partial charge on any atom is 0.332 e. The van der Waals surface area contributed by atoms with Crippen LogP contribution in [0.25, 0.3) is 11.0 Å². The van der Waals surface area contributed by atoms with Crippen molar-refractivity contribution >= 4 is 28.7 Å². The molecule has 0 fully saturated rings. The molecule has 0 spiro atoms. The van der Waals surface area contributed by atoms with Crippen molar-refractivity contribution in [3.63, 3.8) is 0 Å². The zero-order valence-electron chi connectivity index (χ0n) is 18.6. The first kappa shape index (κ1) is 22.7. The summed E-state index contributed by atoms with van der Waals surface area (Å²) in [5.74, 6) is 0.335. The summed E-state index contributed by atoms with van der Waals surface area (Å²) in [5.41, 5.74) is -0.0650. The van der Waals surface area contributed by atoms with Crippen molar-refractivity contribution in [2.24, 2.45) is 14.1 Å². The molecule has 9 heteroatoms. The summed E-state index contributed by atoms with van der Waals surface area (Å²) >= 11 is 1.19. The molecule has 0 radical (unpaired) electrons. The monoisotopic (exact) mass is 441 g/mol. The predicted molar refractivity (Wildman–Crippen MR) is 122 cm³/mol. The summed E-state index contributed by atoms with van der Waals surface area (Å²) in [5, 5.41) is 3.05. The first-order valence-corrected chi connectivity index (χ1v) is 10.8. The fourth-order valence-electron chi connectivity index (χ4n) is 3.00. The molecule has 0 saturated carbocycles. The molecule has 2 aromatic heterocycles. The third-order valence-corrected chi connectivity index (χ3v) is 5.99. The number of nitrogens with one attached hydrogen (secondary N) is 1. The summed E-state index contributed by atoms with van der Waals surface area (Å²) in [6, 6.07) is 9.64. The van der Waals surface area contributed by atoms with E-state index < -0.39 is 21.9 Å². The first-order chi connectivity index (χ1) is 14.5. The molecule has 31 heavy (non-hydrogen) atoms. The van der Waals surface area contributed by atoms with Gasteiger partial charge in [-0.25, -0.2) is 14.8 Å². The molecular weight excluding hydrogens is 414 g/mol.